The molecule has 9 heteroatoms. The van der Waals surface area contributed by atoms with E-state index < -0.39 is 0 Å². The molecule has 0 saturated carbocycles. The van der Waals surface area contributed by atoms with E-state index in [4.69, 9.17) is 32.7 Å². The van der Waals surface area contributed by atoms with Crippen molar-refractivity contribution in [3.63, 3.8) is 0 Å². The number of amides is 1. The summed E-state index contributed by atoms with van der Waals surface area (Å²) in [6.07, 6.45) is 4.80. The Morgan fingerprint density at radius 3 is 2.26 bits per heavy atom. The molecular weight excluding hydrogens is 655 g/mol. The largest absolute Gasteiger partial charge is 1.00 e. The third kappa shape index (κ3) is 9.66. The zero-order valence-electron chi connectivity index (χ0n) is 27.7. The predicted octanol–water partition coefficient (Wildman–Crippen LogP) is 4.85. The Morgan fingerprint density at radius 2 is 1.62 bits per heavy atom. The zero-order chi connectivity index (χ0) is 32.7. The van der Waals surface area contributed by atoms with Crippen LogP contribution < -0.4 is 17.1 Å². The number of carbonyl (C=O) groups excluding carboxylic acids is 2. The summed E-state index contributed by atoms with van der Waals surface area (Å²) in [7, 11) is 0. The highest BCUT2D eigenvalue weighted by Crippen LogP contribution is 2.46. The average molecular weight is 702 g/mol. The maximum absolute atomic E-state index is 13.9. The fourth-order valence-corrected chi connectivity index (χ4v) is 7.66. The molecule has 0 N–H and O–H groups in total. The second-order valence-corrected chi connectivity index (χ2v) is 14.3. The van der Waals surface area contributed by atoms with Crippen molar-refractivity contribution in [2.75, 3.05) is 45.9 Å². The molecule has 47 heavy (non-hydrogen) atoms. The SMILES string of the molecule is CC(=O)OCCN(CC(CC[N+]12CCC(c3ccccc3)(CC1)CC2)c1ccc(Cl)c(Cl)c1)C(=O)Cc1cccc(OC(C)C)c1.[Cl-]. The third-order valence-electron chi connectivity index (χ3n) is 10.0. The highest BCUT2D eigenvalue weighted by Gasteiger charge is 2.49. The fraction of sp³-hybridized carbons (Fsp3) is 0.474. The van der Waals surface area contributed by atoms with E-state index in [1.54, 1.807) is 0 Å². The van der Waals surface area contributed by atoms with Crippen LogP contribution in [-0.2, 0) is 26.2 Å². The Labute approximate surface area is 296 Å². The highest BCUT2D eigenvalue weighted by molar-refractivity contribution is 6.42. The minimum absolute atomic E-state index is 0. The molecule has 254 valence electrons. The summed E-state index contributed by atoms with van der Waals surface area (Å²) in [4.78, 5) is 27.4. The topological polar surface area (TPSA) is 55.8 Å². The summed E-state index contributed by atoms with van der Waals surface area (Å²) in [6, 6.07) is 24.6. The van der Waals surface area contributed by atoms with E-state index in [2.05, 4.69) is 30.3 Å². The number of esters is 1. The van der Waals surface area contributed by atoms with Crippen LogP contribution in [0.1, 0.15) is 69.1 Å². The molecule has 6 rings (SSSR count). The molecule has 0 aromatic heterocycles. The van der Waals surface area contributed by atoms with E-state index >= 15 is 0 Å². The van der Waals surface area contributed by atoms with E-state index in [0.29, 0.717) is 28.5 Å². The summed E-state index contributed by atoms with van der Waals surface area (Å²) >= 11 is 12.9. The molecule has 0 radical (unpaired) electrons. The van der Waals surface area contributed by atoms with Gasteiger partial charge >= 0.3 is 5.97 Å². The molecule has 3 fully saturated rings. The summed E-state index contributed by atoms with van der Waals surface area (Å²) in [5, 5.41) is 1.03. The second kappa shape index (κ2) is 16.6. The van der Waals surface area contributed by atoms with Crippen LogP contribution in [0.4, 0.5) is 0 Å². The molecule has 0 aliphatic carbocycles. The zero-order valence-corrected chi connectivity index (χ0v) is 30.0. The number of hydrogen-bond acceptors (Lipinski definition) is 4. The van der Waals surface area contributed by atoms with Gasteiger partial charge in [-0.1, -0.05) is 71.7 Å². The number of benzene rings is 3. The summed E-state index contributed by atoms with van der Waals surface area (Å²) in [5.41, 5.74) is 3.75. The number of hydrogen-bond donors (Lipinski definition) is 0. The van der Waals surface area contributed by atoms with Crippen LogP contribution in [0.2, 0.25) is 10.0 Å². The van der Waals surface area contributed by atoms with Crippen LogP contribution in [0.25, 0.3) is 0 Å². The maximum atomic E-state index is 13.9. The van der Waals surface area contributed by atoms with Gasteiger partial charge < -0.3 is 31.3 Å². The summed E-state index contributed by atoms with van der Waals surface area (Å²) < 4.78 is 12.3. The quantitative estimate of drug-likeness (QED) is 0.178. The van der Waals surface area contributed by atoms with E-state index in [-0.39, 0.29) is 49.3 Å². The minimum atomic E-state index is -0.357. The first-order valence-electron chi connectivity index (χ1n) is 16.6. The number of piperidine rings is 3. The van der Waals surface area contributed by atoms with E-state index in [0.717, 1.165) is 34.3 Å². The van der Waals surface area contributed by atoms with Gasteiger partial charge in [-0.25, -0.2) is 0 Å². The Kier molecular flexibility index (Phi) is 13.1. The van der Waals surface area contributed by atoms with Crippen molar-refractivity contribution in [2.45, 2.75) is 70.3 Å². The molecule has 0 spiro atoms. The van der Waals surface area contributed by atoms with Crippen LogP contribution in [0, 0.1) is 0 Å². The molecule has 1 amide bonds. The number of nitrogens with zero attached hydrogens (tertiary/aromatic N) is 2. The van der Waals surface area contributed by atoms with Gasteiger partial charge in [0.1, 0.15) is 12.4 Å². The molecule has 3 aromatic rings. The van der Waals surface area contributed by atoms with Crippen molar-refractivity contribution in [3.05, 3.63) is 99.5 Å². The smallest absolute Gasteiger partial charge is 0.302 e. The molecule has 3 aromatic carbocycles. The molecule has 3 saturated heterocycles. The lowest BCUT2D eigenvalue weighted by molar-refractivity contribution is -0.943. The average Bonchev–Trinajstić information content (AvgIpc) is 3.04. The lowest BCUT2D eigenvalue weighted by Gasteiger charge is -2.55. The molecule has 1 unspecified atom stereocenters. The Bertz CT molecular complexity index is 1470. The van der Waals surface area contributed by atoms with Crippen molar-refractivity contribution < 1.29 is 36.0 Å². The lowest BCUT2D eigenvalue weighted by Crippen LogP contribution is -3.00. The van der Waals surface area contributed by atoms with Gasteiger partial charge in [-0.05, 0) is 54.8 Å². The summed E-state index contributed by atoms with van der Waals surface area (Å²) in [5.74, 6) is 0.412. The van der Waals surface area contributed by atoms with Gasteiger partial charge in [0, 0.05) is 50.5 Å². The molecule has 3 aliphatic heterocycles. The van der Waals surface area contributed by atoms with Crippen LogP contribution in [0.3, 0.4) is 0 Å². The first kappa shape index (κ1) is 37.1. The van der Waals surface area contributed by atoms with Crippen molar-refractivity contribution in [1.82, 2.24) is 4.90 Å². The van der Waals surface area contributed by atoms with Crippen molar-refractivity contribution in [3.8, 4) is 5.75 Å². The normalized spacial score (nSPS) is 20.7. The van der Waals surface area contributed by atoms with Gasteiger partial charge in [0.25, 0.3) is 0 Å². The van der Waals surface area contributed by atoms with Crippen LogP contribution >= 0.6 is 23.2 Å². The van der Waals surface area contributed by atoms with Crippen LogP contribution in [0.15, 0.2) is 72.8 Å². The van der Waals surface area contributed by atoms with Crippen molar-refractivity contribution in [2.24, 2.45) is 0 Å². The van der Waals surface area contributed by atoms with Crippen LogP contribution in [-0.4, -0.2) is 73.2 Å². The minimum Gasteiger partial charge on any atom is -1.00 e. The molecule has 2 bridgehead atoms. The third-order valence-corrected chi connectivity index (χ3v) is 10.8. The van der Waals surface area contributed by atoms with Gasteiger partial charge in [0.2, 0.25) is 5.91 Å². The van der Waals surface area contributed by atoms with Crippen molar-refractivity contribution >= 4 is 35.1 Å². The number of carbonyl (C=O) groups is 2. The Morgan fingerprint density at radius 1 is 0.915 bits per heavy atom. The van der Waals surface area contributed by atoms with Crippen molar-refractivity contribution in [1.29, 1.82) is 0 Å². The number of fused-ring (bicyclic) bond motifs is 3. The molecular formula is C38H47Cl3N2O4. The standard InChI is InChI=1S/C38H47Cl2N2O4.ClH/c1-28(2)46-34-11-7-8-30(24-34)25-37(44)41(18-23-45-29(3)43)27-32(31-12-13-35(39)36(40)26-31)14-19-42-20-15-38(16-21-42,17-22-42)33-9-5-4-6-10-33;/h4-13,24,26,28,32H,14-23,25,27H2,1-3H3;1H/q+1;/p-1. The van der Waals surface area contributed by atoms with Crippen LogP contribution in [0.5, 0.6) is 5.75 Å². The molecule has 3 heterocycles. The van der Waals surface area contributed by atoms with Gasteiger partial charge in [0.15, 0.2) is 0 Å². The van der Waals surface area contributed by atoms with Gasteiger partial charge in [0.05, 0.1) is 55.3 Å². The lowest BCUT2D eigenvalue weighted by atomic mass is 9.66. The van der Waals surface area contributed by atoms with E-state index in [9.17, 15) is 9.59 Å². The molecule has 3 aliphatic rings. The first-order chi connectivity index (χ1) is 22.1. The molecule has 1 atom stereocenters. The number of rotatable bonds is 14. The van der Waals surface area contributed by atoms with Gasteiger partial charge in [-0.2, -0.15) is 0 Å². The molecule has 6 nitrogen and oxygen atoms in total. The number of ether oxygens (including phenoxy) is 2. The summed E-state index contributed by atoms with van der Waals surface area (Å²) in [6.45, 7) is 10.9. The van der Waals surface area contributed by atoms with Gasteiger partial charge in [-0.15, -0.1) is 0 Å². The maximum Gasteiger partial charge on any atom is 0.302 e. The second-order valence-electron chi connectivity index (χ2n) is 13.5. The number of halogens is 3. The highest BCUT2D eigenvalue weighted by atomic mass is 35.5. The predicted molar refractivity (Wildman–Crippen MR) is 185 cm³/mol. The Balaban J connectivity index is 0.00000500. The van der Waals surface area contributed by atoms with E-state index in [1.165, 1.54) is 51.4 Å². The fourth-order valence-electron chi connectivity index (χ4n) is 7.35. The van der Waals surface area contributed by atoms with E-state index in [1.807, 2.05) is 61.2 Å². The number of quaternary nitrogens is 1. The monoisotopic (exact) mass is 700 g/mol. The van der Waals surface area contributed by atoms with Gasteiger partial charge in [-0.3, -0.25) is 9.59 Å². The first-order valence-corrected chi connectivity index (χ1v) is 17.3. The Hall–Kier alpha value is -2.77.